The third-order valence-electron chi connectivity index (χ3n) is 4.10. The second-order valence-corrected chi connectivity index (χ2v) is 5.81. The molecular weight excluding hydrogens is 346 g/mol. The Hall–Kier alpha value is -3.23. The zero-order valence-electron chi connectivity index (χ0n) is 13.7. The minimum atomic E-state index is -0.776. The highest BCUT2D eigenvalue weighted by molar-refractivity contribution is 5.89. The highest BCUT2D eigenvalue weighted by atomic mass is 19.1. The summed E-state index contributed by atoms with van der Waals surface area (Å²) in [6.45, 7) is 1.48. The lowest BCUT2D eigenvalue weighted by atomic mass is 10.2. The molecule has 2 aromatic rings. The largest absolute Gasteiger partial charge is 0.362 e. The van der Waals surface area contributed by atoms with Crippen LogP contribution < -0.4 is 10.2 Å². The number of nitro groups is 1. The molecule has 7 nitrogen and oxygen atoms in total. The number of para-hydroxylation sites is 2. The molecule has 2 aromatic carbocycles. The fourth-order valence-corrected chi connectivity index (χ4v) is 2.86. The van der Waals surface area contributed by atoms with E-state index in [4.69, 9.17) is 0 Å². The van der Waals surface area contributed by atoms with Crippen LogP contribution >= 0.6 is 0 Å². The van der Waals surface area contributed by atoms with Gasteiger partial charge < -0.3 is 15.1 Å². The van der Waals surface area contributed by atoms with E-state index in [1.165, 1.54) is 11.0 Å². The Kier molecular flexibility index (Phi) is 4.97. The van der Waals surface area contributed by atoms with Gasteiger partial charge >= 0.3 is 6.03 Å². The first-order valence-electron chi connectivity index (χ1n) is 7.94. The van der Waals surface area contributed by atoms with Crippen LogP contribution in [0.3, 0.4) is 0 Å². The Labute approximate surface area is 148 Å². The zero-order chi connectivity index (χ0) is 18.7. The molecule has 1 fully saturated rings. The average molecular weight is 362 g/mol. The summed E-state index contributed by atoms with van der Waals surface area (Å²) in [7, 11) is 0. The molecular formula is C17H16F2N4O3. The Morgan fingerprint density at radius 1 is 1.04 bits per heavy atom. The molecule has 0 atom stereocenters. The van der Waals surface area contributed by atoms with Crippen molar-refractivity contribution < 1.29 is 18.5 Å². The van der Waals surface area contributed by atoms with E-state index in [9.17, 15) is 23.7 Å². The molecule has 0 radical (unpaired) electrons. The summed E-state index contributed by atoms with van der Waals surface area (Å²) in [4.78, 5) is 26.3. The molecule has 1 heterocycles. The minimum absolute atomic E-state index is 0.0145. The predicted molar refractivity (Wildman–Crippen MR) is 92.3 cm³/mol. The van der Waals surface area contributed by atoms with Crippen molar-refractivity contribution >= 4 is 23.1 Å². The molecule has 26 heavy (non-hydrogen) atoms. The van der Waals surface area contributed by atoms with Crippen molar-refractivity contribution in [3.8, 4) is 0 Å². The van der Waals surface area contributed by atoms with E-state index in [-0.39, 0.29) is 11.4 Å². The van der Waals surface area contributed by atoms with Gasteiger partial charge in [0.25, 0.3) is 5.69 Å². The average Bonchev–Trinajstić information content (AvgIpc) is 2.61. The summed E-state index contributed by atoms with van der Waals surface area (Å²) >= 11 is 0. The van der Waals surface area contributed by atoms with Gasteiger partial charge in [0.2, 0.25) is 0 Å². The smallest absolute Gasteiger partial charge is 0.321 e. The normalized spacial score (nSPS) is 14.2. The molecule has 0 aromatic heterocycles. The highest BCUT2D eigenvalue weighted by Gasteiger charge is 2.25. The Morgan fingerprint density at radius 2 is 1.65 bits per heavy atom. The Balaban J connectivity index is 1.63. The Bertz CT molecular complexity index is 818. The summed E-state index contributed by atoms with van der Waals surface area (Å²) in [6.07, 6.45) is 0. The second kappa shape index (κ2) is 7.34. The lowest BCUT2D eigenvalue weighted by Gasteiger charge is -2.35. The number of hydrogen-bond donors (Lipinski definition) is 1. The topological polar surface area (TPSA) is 78.7 Å². The van der Waals surface area contributed by atoms with E-state index >= 15 is 0 Å². The third-order valence-corrected chi connectivity index (χ3v) is 4.10. The van der Waals surface area contributed by atoms with Gasteiger partial charge in [-0.2, -0.15) is 0 Å². The third kappa shape index (κ3) is 3.88. The monoisotopic (exact) mass is 362 g/mol. The molecule has 3 rings (SSSR count). The number of carbonyl (C=O) groups is 1. The maximum Gasteiger partial charge on any atom is 0.321 e. The number of benzene rings is 2. The van der Waals surface area contributed by atoms with Gasteiger partial charge in [0.1, 0.15) is 17.3 Å². The summed E-state index contributed by atoms with van der Waals surface area (Å²) in [5.41, 5.74) is 0.555. The van der Waals surface area contributed by atoms with Gasteiger partial charge in [0.05, 0.1) is 4.92 Å². The number of amides is 2. The van der Waals surface area contributed by atoms with Crippen molar-refractivity contribution in [2.75, 3.05) is 36.4 Å². The van der Waals surface area contributed by atoms with Crippen molar-refractivity contribution in [1.82, 2.24) is 4.90 Å². The molecule has 0 saturated carbocycles. The summed E-state index contributed by atoms with van der Waals surface area (Å²) in [6, 6.07) is 8.74. The molecule has 1 aliphatic rings. The van der Waals surface area contributed by atoms with Gasteiger partial charge in [-0.25, -0.2) is 13.6 Å². The minimum Gasteiger partial charge on any atom is -0.362 e. The van der Waals surface area contributed by atoms with Crippen molar-refractivity contribution in [2.45, 2.75) is 0 Å². The molecule has 1 saturated heterocycles. The van der Waals surface area contributed by atoms with E-state index in [1.54, 1.807) is 18.2 Å². The molecule has 1 N–H and O–H groups in total. The molecule has 9 heteroatoms. The van der Waals surface area contributed by atoms with Crippen LogP contribution in [-0.2, 0) is 0 Å². The number of halogens is 2. The van der Waals surface area contributed by atoms with Gasteiger partial charge in [0.15, 0.2) is 0 Å². The van der Waals surface area contributed by atoms with Crippen LogP contribution in [0, 0.1) is 21.7 Å². The zero-order valence-corrected chi connectivity index (χ0v) is 13.7. The highest BCUT2D eigenvalue weighted by Crippen LogP contribution is 2.28. The number of hydrogen-bond acceptors (Lipinski definition) is 4. The fraction of sp³-hybridized carbons (Fsp3) is 0.235. The molecule has 0 aliphatic carbocycles. The van der Waals surface area contributed by atoms with E-state index in [1.807, 2.05) is 4.90 Å². The van der Waals surface area contributed by atoms with Crippen LogP contribution in [0.2, 0.25) is 0 Å². The maximum atomic E-state index is 13.2. The standard InChI is InChI=1S/C17H16F2N4O3/c18-12-9-13(19)11-14(10-12)20-17(24)22-7-5-21(6-8-22)15-3-1-2-4-16(15)23(25)26/h1-4,9-11H,5-8H2,(H,20,24). The van der Waals surface area contributed by atoms with E-state index in [0.717, 1.165) is 18.2 Å². The van der Waals surface area contributed by atoms with Crippen molar-refractivity contribution in [1.29, 1.82) is 0 Å². The number of nitrogens with zero attached hydrogens (tertiary/aromatic N) is 3. The number of carbonyl (C=O) groups excluding carboxylic acids is 1. The van der Waals surface area contributed by atoms with Crippen LogP contribution in [0.5, 0.6) is 0 Å². The first-order chi connectivity index (χ1) is 12.4. The maximum absolute atomic E-state index is 13.2. The fourth-order valence-electron chi connectivity index (χ4n) is 2.86. The van der Waals surface area contributed by atoms with E-state index in [2.05, 4.69) is 5.32 Å². The van der Waals surface area contributed by atoms with E-state index in [0.29, 0.717) is 31.9 Å². The van der Waals surface area contributed by atoms with Crippen molar-refractivity contribution in [3.63, 3.8) is 0 Å². The number of rotatable bonds is 3. The van der Waals surface area contributed by atoms with Gasteiger partial charge in [-0.15, -0.1) is 0 Å². The van der Waals surface area contributed by atoms with Crippen molar-refractivity contribution in [3.05, 3.63) is 64.2 Å². The van der Waals surface area contributed by atoms with Crippen LogP contribution in [0.25, 0.3) is 0 Å². The van der Waals surface area contributed by atoms with Gasteiger partial charge in [-0.1, -0.05) is 12.1 Å². The SMILES string of the molecule is O=C(Nc1cc(F)cc(F)c1)N1CCN(c2ccccc2[N+](=O)[O-])CC1. The molecule has 0 spiro atoms. The first kappa shape index (κ1) is 17.6. The first-order valence-corrected chi connectivity index (χ1v) is 7.94. The molecule has 0 bridgehead atoms. The number of urea groups is 1. The number of nitrogens with one attached hydrogen (secondary N) is 1. The van der Waals surface area contributed by atoms with E-state index < -0.39 is 22.6 Å². The second-order valence-electron chi connectivity index (χ2n) is 5.81. The summed E-state index contributed by atoms with van der Waals surface area (Å²) in [5, 5.41) is 13.6. The summed E-state index contributed by atoms with van der Waals surface area (Å²) < 4.78 is 26.4. The number of anilines is 2. The number of nitro benzene ring substituents is 1. The lowest BCUT2D eigenvalue weighted by molar-refractivity contribution is -0.384. The van der Waals surface area contributed by atoms with Crippen LogP contribution in [0.15, 0.2) is 42.5 Å². The molecule has 2 amide bonds. The number of piperazine rings is 1. The van der Waals surface area contributed by atoms with Gasteiger partial charge in [-0.05, 0) is 18.2 Å². The lowest BCUT2D eigenvalue weighted by Crippen LogP contribution is -2.50. The molecule has 1 aliphatic heterocycles. The van der Waals surface area contributed by atoms with Gasteiger partial charge in [0, 0.05) is 44.0 Å². The predicted octanol–water partition coefficient (Wildman–Crippen LogP) is 3.23. The van der Waals surface area contributed by atoms with Crippen LogP contribution in [-0.4, -0.2) is 42.0 Å². The molecule has 0 unspecified atom stereocenters. The molecule has 136 valence electrons. The Morgan fingerprint density at radius 3 is 2.27 bits per heavy atom. The van der Waals surface area contributed by atoms with Crippen molar-refractivity contribution in [2.24, 2.45) is 0 Å². The summed E-state index contributed by atoms with van der Waals surface area (Å²) in [5.74, 6) is -1.55. The van der Waals surface area contributed by atoms with Gasteiger partial charge in [-0.3, -0.25) is 10.1 Å². The van der Waals surface area contributed by atoms with Crippen LogP contribution in [0.4, 0.5) is 30.6 Å². The quantitative estimate of drug-likeness (QED) is 0.672. The van der Waals surface area contributed by atoms with Crippen LogP contribution in [0.1, 0.15) is 0 Å².